The molecule has 0 radical (unpaired) electrons. The highest BCUT2D eigenvalue weighted by Crippen LogP contribution is 2.34. The highest BCUT2D eigenvalue weighted by atomic mass is 79.9. The first-order chi connectivity index (χ1) is 8.45. The van der Waals surface area contributed by atoms with Crippen LogP contribution in [0.3, 0.4) is 0 Å². The molecule has 0 aliphatic rings. The average molecular weight is 318 g/mol. The van der Waals surface area contributed by atoms with Crippen LogP contribution in [0.15, 0.2) is 18.2 Å². The van der Waals surface area contributed by atoms with Crippen molar-refractivity contribution in [2.24, 2.45) is 0 Å². The van der Waals surface area contributed by atoms with Crippen molar-refractivity contribution < 1.29 is 19.0 Å². The van der Waals surface area contributed by atoms with Crippen molar-refractivity contribution in [2.45, 2.75) is 12.3 Å². The van der Waals surface area contributed by atoms with Gasteiger partial charge in [0, 0.05) is 23.0 Å². The Bertz CT molecular complexity index is 611. The highest BCUT2D eigenvalue weighted by Gasteiger charge is 2.18. The molecule has 0 fully saturated rings. The summed E-state index contributed by atoms with van der Waals surface area (Å²) in [4.78, 5) is 0. The van der Waals surface area contributed by atoms with E-state index in [-0.39, 0.29) is 23.0 Å². The Morgan fingerprint density at radius 2 is 1.83 bits per heavy atom. The molecule has 0 saturated heterocycles. The van der Waals surface area contributed by atoms with Crippen molar-refractivity contribution in [1.82, 2.24) is 4.57 Å². The van der Waals surface area contributed by atoms with Gasteiger partial charge in [-0.3, -0.25) is 0 Å². The largest absolute Gasteiger partial charge is 0.494 e. The summed E-state index contributed by atoms with van der Waals surface area (Å²) < 4.78 is 27.8. The molecule has 0 atom stereocenters. The van der Waals surface area contributed by atoms with E-state index in [1.807, 2.05) is 0 Å². The fraction of sp³-hybridized carbons (Fsp3) is 0.167. The first-order valence-corrected chi connectivity index (χ1v) is 6.22. The SMILES string of the molecule is Cc1cc(-n2c(O)cc(CBr)c2O)c(F)cc1F. The Morgan fingerprint density at radius 3 is 2.39 bits per heavy atom. The molecular weight excluding hydrogens is 308 g/mol. The van der Waals surface area contributed by atoms with Crippen molar-refractivity contribution in [2.75, 3.05) is 0 Å². The quantitative estimate of drug-likeness (QED) is 0.834. The zero-order valence-corrected chi connectivity index (χ0v) is 11.0. The minimum atomic E-state index is -0.861. The molecule has 1 aromatic carbocycles. The molecule has 2 N–H and O–H groups in total. The Morgan fingerprint density at radius 1 is 1.17 bits per heavy atom. The number of aromatic hydroxyl groups is 2. The fourth-order valence-electron chi connectivity index (χ4n) is 1.69. The molecule has 0 spiro atoms. The van der Waals surface area contributed by atoms with Crippen LogP contribution in [0.1, 0.15) is 11.1 Å². The van der Waals surface area contributed by atoms with Crippen LogP contribution in [-0.2, 0) is 5.33 Å². The Labute approximate surface area is 110 Å². The molecule has 0 unspecified atom stereocenters. The van der Waals surface area contributed by atoms with Gasteiger partial charge >= 0.3 is 0 Å². The van der Waals surface area contributed by atoms with E-state index in [0.717, 1.165) is 10.6 Å². The number of hydrogen-bond donors (Lipinski definition) is 2. The highest BCUT2D eigenvalue weighted by molar-refractivity contribution is 9.08. The number of nitrogens with zero attached hydrogens (tertiary/aromatic N) is 1. The van der Waals surface area contributed by atoms with E-state index in [4.69, 9.17) is 0 Å². The van der Waals surface area contributed by atoms with Crippen LogP contribution < -0.4 is 0 Å². The lowest BCUT2D eigenvalue weighted by molar-refractivity contribution is 0.397. The fourth-order valence-corrected chi connectivity index (χ4v) is 2.10. The smallest absolute Gasteiger partial charge is 0.202 e. The van der Waals surface area contributed by atoms with E-state index >= 15 is 0 Å². The van der Waals surface area contributed by atoms with Crippen LogP contribution in [-0.4, -0.2) is 14.8 Å². The van der Waals surface area contributed by atoms with Crippen LogP contribution in [0.25, 0.3) is 5.69 Å². The summed E-state index contributed by atoms with van der Waals surface area (Å²) in [7, 11) is 0. The van der Waals surface area contributed by atoms with Crippen LogP contribution >= 0.6 is 15.9 Å². The second kappa shape index (κ2) is 4.61. The van der Waals surface area contributed by atoms with Crippen LogP contribution in [0.2, 0.25) is 0 Å². The number of aryl methyl sites for hydroxylation is 1. The summed E-state index contributed by atoms with van der Waals surface area (Å²) in [5, 5.41) is 19.9. The number of aromatic nitrogens is 1. The van der Waals surface area contributed by atoms with Crippen LogP contribution in [0.4, 0.5) is 8.78 Å². The molecule has 2 rings (SSSR count). The second-order valence-corrected chi connectivity index (χ2v) is 4.43. The van der Waals surface area contributed by atoms with Gasteiger partial charge in [-0.15, -0.1) is 0 Å². The standard InChI is InChI=1S/C12H10BrF2NO2/c1-6-2-10(9(15)4-8(6)14)16-11(17)3-7(5-13)12(16)18/h2-4,17-18H,5H2,1H3. The molecule has 0 aliphatic carbocycles. The summed E-state index contributed by atoms with van der Waals surface area (Å²) in [5.74, 6) is -2.13. The van der Waals surface area contributed by atoms with Gasteiger partial charge in [0.25, 0.3) is 0 Å². The first-order valence-electron chi connectivity index (χ1n) is 5.10. The molecule has 96 valence electrons. The van der Waals surface area contributed by atoms with Crippen molar-refractivity contribution in [3.8, 4) is 17.4 Å². The first kappa shape index (κ1) is 12.9. The van der Waals surface area contributed by atoms with Crippen LogP contribution in [0, 0.1) is 18.6 Å². The van der Waals surface area contributed by atoms with Crippen LogP contribution in [0.5, 0.6) is 11.8 Å². The van der Waals surface area contributed by atoms with Gasteiger partial charge in [-0.1, -0.05) is 15.9 Å². The van der Waals surface area contributed by atoms with Crippen molar-refractivity contribution in [3.05, 3.63) is 41.0 Å². The van der Waals surface area contributed by atoms with Gasteiger partial charge in [0.15, 0.2) is 5.88 Å². The van der Waals surface area contributed by atoms with E-state index < -0.39 is 11.6 Å². The maximum absolute atomic E-state index is 13.7. The topological polar surface area (TPSA) is 45.4 Å². The number of hydrogen-bond acceptors (Lipinski definition) is 2. The molecule has 0 aliphatic heterocycles. The molecular formula is C12H10BrF2NO2. The van der Waals surface area contributed by atoms with Gasteiger partial charge in [0.1, 0.15) is 11.6 Å². The normalized spacial score (nSPS) is 10.9. The van der Waals surface area contributed by atoms with Crippen molar-refractivity contribution in [3.63, 3.8) is 0 Å². The summed E-state index contributed by atoms with van der Waals surface area (Å²) in [6, 6.07) is 3.25. The Balaban J connectivity index is 2.69. The van der Waals surface area contributed by atoms with Crippen molar-refractivity contribution >= 4 is 15.9 Å². The lowest BCUT2D eigenvalue weighted by Gasteiger charge is -2.10. The van der Waals surface area contributed by atoms with E-state index in [9.17, 15) is 19.0 Å². The molecule has 0 saturated carbocycles. The molecule has 0 amide bonds. The Kier molecular flexibility index (Phi) is 3.30. The maximum Gasteiger partial charge on any atom is 0.202 e. The number of rotatable bonds is 2. The van der Waals surface area contributed by atoms with E-state index in [1.54, 1.807) is 0 Å². The molecule has 0 bridgehead atoms. The summed E-state index contributed by atoms with van der Waals surface area (Å²) in [6.07, 6.45) is 0. The van der Waals surface area contributed by atoms with E-state index in [0.29, 0.717) is 10.9 Å². The maximum atomic E-state index is 13.7. The predicted molar refractivity (Wildman–Crippen MR) is 66.4 cm³/mol. The zero-order chi connectivity index (χ0) is 13.4. The van der Waals surface area contributed by atoms with E-state index in [1.165, 1.54) is 19.1 Å². The molecule has 3 nitrogen and oxygen atoms in total. The van der Waals surface area contributed by atoms with Gasteiger partial charge in [0.2, 0.25) is 5.88 Å². The lowest BCUT2D eigenvalue weighted by Crippen LogP contribution is -1.99. The van der Waals surface area contributed by atoms with Gasteiger partial charge < -0.3 is 10.2 Å². The third-order valence-electron chi connectivity index (χ3n) is 2.64. The number of benzene rings is 1. The monoisotopic (exact) mass is 317 g/mol. The van der Waals surface area contributed by atoms with Crippen molar-refractivity contribution in [1.29, 1.82) is 0 Å². The molecule has 1 aromatic heterocycles. The minimum absolute atomic E-state index is 0.101. The summed E-state index contributed by atoms with van der Waals surface area (Å²) >= 11 is 3.13. The summed E-state index contributed by atoms with van der Waals surface area (Å²) in [6.45, 7) is 1.47. The molecule has 18 heavy (non-hydrogen) atoms. The molecule has 6 heteroatoms. The second-order valence-electron chi connectivity index (χ2n) is 3.87. The third-order valence-corrected chi connectivity index (χ3v) is 3.25. The predicted octanol–water partition coefficient (Wildman–Crippen LogP) is 3.37. The number of halogens is 3. The molecule has 2 aromatic rings. The zero-order valence-electron chi connectivity index (χ0n) is 9.41. The van der Waals surface area contributed by atoms with Gasteiger partial charge in [-0.05, 0) is 18.6 Å². The number of alkyl halides is 1. The summed E-state index contributed by atoms with van der Waals surface area (Å²) in [5.41, 5.74) is 0.532. The third kappa shape index (κ3) is 1.96. The molecule has 1 heterocycles. The van der Waals surface area contributed by atoms with Gasteiger partial charge in [-0.2, -0.15) is 0 Å². The van der Waals surface area contributed by atoms with Gasteiger partial charge in [0.05, 0.1) is 5.69 Å². The Hall–Kier alpha value is -1.56. The van der Waals surface area contributed by atoms with Gasteiger partial charge in [-0.25, -0.2) is 13.3 Å². The average Bonchev–Trinajstić information content (AvgIpc) is 2.59. The minimum Gasteiger partial charge on any atom is -0.494 e. The van der Waals surface area contributed by atoms with E-state index in [2.05, 4.69) is 15.9 Å². The lowest BCUT2D eigenvalue weighted by atomic mass is 10.2.